The Labute approximate surface area is 200 Å². The molecule has 2 unspecified atom stereocenters. The maximum absolute atomic E-state index is 13.8. The van der Waals surface area contributed by atoms with Gasteiger partial charge in [0.1, 0.15) is 0 Å². The van der Waals surface area contributed by atoms with Gasteiger partial charge < -0.3 is 4.74 Å². The molecule has 0 aliphatic rings. The topological polar surface area (TPSA) is 26.3 Å². The number of halogens is 21. The van der Waals surface area contributed by atoms with Gasteiger partial charge in [-0.15, -0.1) is 0 Å². The fourth-order valence-corrected chi connectivity index (χ4v) is 2.29. The first-order valence-electron chi connectivity index (χ1n) is 8.89. The predicted octanol–water partition coefficient (Wildman–Crippen LogP) is 7.43. The van der Waals surface area contributed by atoms with Crippen LogP contribution in [0.1, 0.15) is 6.92 Å². The van der Waals surface area contributed by atoms with E-state index in [-0.39, 0.29) is 6.08 Å². The molecule has 0 aliphatic carbocycles. The summed E-state index contributed by atoms with van der Waals surface area (Å²) in [6, 6.07) is 0. The van der Waals surface area contributed by atoms with Crippen LogP contribution in [0.5, 0.6) is 0 Å². The van der Waals surface area contributed by atoms with Crippen LogP contribution in [0.3, 0.4) is 0 Å². The van der Waals surface area contributed by atoms with Gasteiger partial charge in [0.05, 0.1) is 0 Å². The number of alkyl halides is 21. The summed E-state index contributed by atoms with van der Waals surface area (Å²) in [6.45, 7) is 1.97. The molecule has 0 aromatic rings. The molecule has 39 heavy (non-hydrogen) atoms. The molecule has 0 saturated heterocycles. The summed E-state index contributed by atoms with van der Waals surface area (Å²) in [4.78, 5) is 10.7. The fourth-order valence-electron chi connectivity index (χ4n) is 2.29. The highest BCUT2D eigenvalue weighted by Crippen LogP contribution is 2.65. The molecule has 0 aromatic heterocycles. The van der Waals surface area contributed by atoms with Gasteiger partial charge in [-0.1, -0.05) is 6.58 Å². The van der Waals surface area contributed by atoms with Crippen LogP contribution in [0.4, 0.5) is 92.2 Å². The number of hydrogen-bond acceptors (Lipinski definition) is 2. The maximum atomic E-state index is 13.8. The van der Waals surface area contributed by atoms with Crippen LogP contribution in [0.2, 0.25) is 0 Å². The molecule has 0 spiro atoms. The van der Waals surface area contributed by atoms with Gasteiger partial charge >= 0.3 is 59.3 Å². The van der Waals surface area contributed by atoms with E-state index in [2.05, 4.69) is 11.3 Å². The van der Waals surface area contributed by atoms with Crippen LogP contribution in [0, 0.1) is 0 Å². The summed E-state index contributed by atoms with van der Waals surface area (Å²) >= 11 is 0. The van der Waals surface area contributed by atoms with Crippen molar-refractivity contribution in [2.45, 2.75) is 78.9 Å². The Morgan fingerprint density at radius 2 is 0.821 bits per heavy atom. The van der Waals surface area contributed by atoms with Gasteiger partial charge in [-0.2, -0.15) is 79.0 Å². The second-order valence-electron chi connectivity index (χ2n) is 7.29. The van der Waals surface area contributed by atoms with E-state index in [0.29, 0.717) is 0 Å². The third-order valence-corrected chi connectivity index (χ3v) is 4.74. The zero-order valence-corrected chi connectivity index (χ0v) is 17.8. The summed E-state index contributed by atoms with van der Waals surface area (Å²) in [7, 11) is 0. The fraction of sp³-hybridized carbons (Fsp3) is 0.812. The standard InChI is InChI=1S/C16H9F21O2/c1-3-5(38)39-4(2)8(20,21)10(24,25)12(28,29)14(32,33)16(36,37)15(34,35)13(30,31)11(26,27)9(22,23)6(17)7(18)19/h3-4,6-7H,1H2,2H3. The molecule has 0 radical (unpaired) electrons. The Morgan fingerprint density at radius 1 is 0.564 bits per heavy atom. The monoisotopic (exact) mass is 632 g/mol. The number of carbonyl (C=O) groups is 1. The van der Waals surface area contributed by atoms with Gasteiger partial charge in [0.2, 0.25) is 6.17 Å². The number of hydrogen-bond donors (Lipinski definition) is 0. The first-order valence-corrected chi connectivity index (χ1v) is 8.89. The first kappa shape index (κ1) is 36.7. The molecule has 0 N–H and O–H groups in total. The van der Waals surface area contributed by atoms with E-state index in [1.807, 2.05) is 0 Å². The van der Waals surface area contributed by atoms with Gasteiger partial charge in [0, 0.05) is 6.08 Å². The van der Waals surface area contributed by atoms with Gasteiger partial charge in [0.25, 0.3) is 6.43 Å². The number of esters is 1. The Bertz CT molecular complexity index is 908. The van der Waals surface area contributed by atoms with Crippen molar-refractivity contribution in [3.05, 3.63) is 12.7 Å². The van der Waals surface area contributed by atoms with Gasteiger partial charge in [0.15, 0.2) is 6.10 Å². The highest BCUT2D eigenvalue weighted by molar-refractivity contribution is 5.81. The molecule has 0 aromatic carbocycles. The van der Waals surface area contributed by atoms with E-state index in [9.17, 15) is 97.0 Å². The van der Waals surface area contributed by atoms with Crippen molar-refractivity contribution in [2.75, 3.05) is 0 Å². The highest BCUT2D eigenvalue weighted by Gasteiger charge is 2.97. The summed E-state index contributed by atoms with van der Waals surface area (Å²) < 4.78 is 284. The summed E-state index contributed by atoms with van der Waals surface area (Å²) in [5.74, 6) is -78.9. The minimum Gasteiger partial charge on any atom is -0.453 e. The lowest BCUT2D eigenvalue weighted by molar-refractivity contribution is -0.466. The van der Waals surface area contributed by atoms with Crippen molar-refractivity contribution in [3.63, 3.8) is 0 Å². The number of rotatable bonds is 13. The molecule has 0 heterocycles. The van der Waals surface area contributed by atoms with Gasteiger partial charge in [-0.05, 0) is 6.92 Å². The molecule has 0 rings (SSSR count). The summed E-state index contributed by atoms with van der Waals surface area (Å²) in [5, 5.41) is 0. The first-order chi connectivity index (χ1) is 16.7. The lowest BCUT2D eigenvalue weighted by Crippen LogP contribution is -2.77. The molecule has 2 nitrogen and oxygen atoms in total. The van der Waals surface area contributed by atoms with Crippen molar-refractivity contribution < 1.29 is 102 Å². The van der Waals surface area contributed by atoms with Crippen molar-refractivity contribution in [3.8, 4) is 0 Å². The van der Waals surface area contributed by atoms with Crippen LogP contribution >= 0.6 is 0 Å². The maximum Gasteiger partial charge on any atom is 0.385 e. The van der Waals surface area contributed by atoms with E-state index in [1.54, 1.807) is 0 Å². The van der Waals surface area contributed by atoms with Crippen molar-refractivity contribution in [1.29, 1.82) is 0 Å². The Hall–Kier alpha value is -2.26. The second kappa shape index (κ2) is 9.98. The molecular formula is C16H9F21O2. The summed E-state index contributed by atoms with van der Waals surface area (Å²) in [6.07, 6.45) is -15.6. The quantitative estimate of drug-likeness (QED) is 0.120. The van der Waals surface area contributed by atoms with Crippen LogP contribution in [-0.4, -0.2) is 78.0 Å². The van der Waals surface area contributed by atoms with Gasteiger partial charge in [-0.25, -0.2) is 18.0 Å². The van der Waals surface area contributed by atoms with E-state index >= 15 is 0 Å². The molecular weight excluding hydrogens is 623 g/mol. The molecule has 232 valence electrons. The van der Waals surface area contributed by atoms with Crippen LogP contribution in [-0.2, 0) is 9.53 Å². The molecule has 0 fully saturated rings. The molecule has 0 aliphatic heterocycles. The molecule has 0 bridgehead atoms. The molecule has 23 heteroatoms. The zero-order chi connectivity index (χ0) is 32.2. The Kier molecular flexibility index (Phi) is 9.40. The minimum atomic E-state index is -9.16. The number of carbonyl (C=O) groups excluding carboxylic acids is 1. The molecule has 0 saturated carbocycles. The average Bonchev–Trinajstić information content (AvgIpc) is 2.76. The zero-order valence-electron chi connectivity index (χ0n) is 17.8. The second-order valence-corrected chi connectivity index (χ2v) is 7.29. The largest absolute Gasteiger partial charge is 0.453 e. The third kappa shape index (κ3) is 4.83. The smallest absolute Gasteiger partial charge is 0.385 e. The summed E-state index contributed by atoms with van der Waals surface area (Å²) in [5.41, 5.74) is 0. The van der Waals surface area contributed by atoms with Crippen molar-refractivity contribution in [1.82, 2.24) is 0 Å². The Balaban J connectivity index is 7.05. The van der Waals surface area contributed by atoms with Crippen molar-refractivity contribution in [2.24, 2.45) is 0 Å². The molecule has 0 amide bonds. The van der Waals surface area contributed by atoms with E-state index in [1.165, 1.54) is 0 Å². The lowest BCUT2D eigenvalue weighted by Gasteiger charge is -2.45. The van der Waals surface area contributed by atoms with Crippen LogP contribution < -0.4 is 0 Å². The van der Waals surface area contributed by atoms with Crippen molar-refractivity contribution >= 4 is 5.97 Å². The van der Waals surface area contributed by atoms with E-state index in [4.69, 9.17) is 0 Å². The highest BCUT2D eigenvalue weighted by atomic mass is 19.4. The normalized spacial score (nSPS) is 17.2. The SMILES string of the molecule is C=CC(=O)OC(C)C(F)(F)C(F)(F)C(F)(F)C(F)(F)C(F)(F)C(F)(F)C(F)(F)C(F)(F)C(F)(F)C(F)C(F)F. The van der Waals surface area contributed by atoms with Crippen LogP contribution in [0.25, 0.3) is 0 Å². The number of ether oxygens (including phenoxy) is 1. The van der Waals surface area contributed by atoms with E-state index in [0.717, 1.165) is 0 Å². The van der Waals surface area contributed by atoms with Crippen LogP contribution in [0.15, 0.2) is 12.7 Å². The Morgan fingerprint density at radius 3 is 1.08 bits per heavy atom. The predicted molar refractivity (Wildman–Crippen MR) is 81.2 cm³/mol. The average molecular weight is 632 g/mol. The third-order valence-electron chi connectivity index (χ3n) is 4.74. The lowest BCUT2D eigenvalue weighted by atomic mass is 9.85. The minimum absolute atomic E-state index is 0.153. The van der Waals surface area contributed by atoms with E-state index < -0.39 is 84.9 Å². The van der Waals surface area contributed by atoms with Gasteiger partial charge in [-0.3, -0.25) is 0 Å². The molecule has 2 atom stereocenters.